The Labute approximate surface area is 167 Å². The Morgan fingerprint density at radius 1 is 0.857 bits per heavy atom. The Bertz CT molecular complexity index is 590. The molecule has 0 saturated carbocycles. The fourth-order valence-corrected chi connectivity index (χ4v) is 3.00. The van der Waals surface area contributed by atoms with E-state index in [2.05, 4.69) is 19.7 Å². The molecule has 5 atom stereocenters. The lowest BCUT2D eigenvalue weighted by molar-refractivity contribution is -0.308. The first-order valence-corrected chi connectivity index (χ1v) is 9.34. The molecule has 0 spiro atoms. The zero-order valence-corrected chi connectivity index (χ0v) is 16.2. The van der Waals surface area contributed by atoms with Gasteiger partial charge in [-0.2, -0.15) is 0 Å². The number of benzene rings is 1. The molecule has 1 aromatic carbocycles. The van der Waals surface area contributed by atoms with Crippen LogP contribution in [-0.4, -0.2) is 62.2 Å². The van der Waals surface area contributed by atoms with Gasteiger partial charge in [0.25, 0.3) is 0 Å². The van der Waals surface area contributed by atoms with Crippen LogP contribution in [0.3, 0.4) is 0 Å². The SMILES string of the molecule is C=CCO[C@H]1[C@H](OCC=C)[C@@H](COCc2ccccc2)OC(O)[C@H]1OCC=C. The summed E-state index contributed by atoms with van der Waals surface area (Å²) in [6.07, 6.45) is 1.39. The van der Waals surface area contributed by atoms with E-state index in [1.54, 1.807) is 18.2 Å². The van der Waals surface area contributed by atoms with Gasteiger partial charge in [-0.15, -0.1) is 19.7 Å². The molecular weight excluding hydrogens is 360 g/mol. The van der Waals surface area contributed by atoms with Crippen LogP contribution in [0.2, 0.25) is 0 Å². The minimum Gasteiger partial charge on any atom is -0.374 e. The van der Waals surface area contributed by atoms with Crippen LogP contribution < -0.4 is 0 Å². The van der Waals surface area contributed by atoms with Gasteiger partial charge >= 0.3 is 0 Å². The van der Waals surface area contributed by atoms with Crippen LogP contribution in [0.5, 0.6) is 0 Å². The molecule has 6 heteroatoms. The molecule has 6 nitrogen and oxygen atoms in total. The van der Waals surface area contributed by atoms with E-state index in [9.17, 15) is 5.11 Å². The van der Waals surface area contributed by atoms with E-state index in [-0.39, 0.29) is 19.8 Å². The molecule has 1 aliphatic heterocycles. The molecule has 0 amide bonds. The lowest BCUT2D eigenvalue weighted by Crippen LogP contribution is -2.61. The zero-order chi connectivity index (χ0) is 20.2. The topological polar surface area (TPSA) is 66.4 Å². The first-order valence-electron chi connectivity index (χ1n) is 9.34. The molecule has 0 radical (unpaired) electrons. The molecule has 154 valence electrons. The van der Waals surface area contributed by atoms with E-state index in [0.29, 0.717) is 13.2 Å². The van der Waals surface area contributed by atoms with Gasteiger partial charge in [0.15, 0.2) is 6.29 Å². The summed E-state index contributed by atoms with van der Waals surface area (Å²) in [5, 5.41) is 10.5. The number of rotatable bonds is 13. The van der Waals surface area contributed by atoms with Crippen molar-refractivity contribution in [2.75, 3.05) is 26.4 Å². The molecule has 2 rings (SSSR count). The summed E-state index contributed by atoms with van der Waals surface area (Å²) in [7, 11) is 0. The molecule has 1 unspecified atom stereocenters. The van der Waals surface area contributed by atoms with Crippen LogP contribution in [-0.2, 0) is 30.3 Å². The summed E-state index contributed by atoms with van der Waals surface area (Å²) in [6, 6.07) is 9.83. The lowest BCUT2D eigenvalue weighted by atomic mass is 9.98. The molecule has 0 bridgehead atoms. The molecular formula is C22H30O6. The first-order chi connectivity index (χ1) is 13.7. The maximum Gasteiger partial charge on any atom is 0.184 e. The van der Waals surface area contributed by atoms with Gasteiger partial charge in [-0.05, 0) is 5.56 Å². The number of hydrogen-bond donors (Lipinski definition) is 1. The third-order valence-corrected chi connectivity index (χ3v) is 4.22. The second-order valence-corrected chi connectivity index (χ2v) is 6.33. The van der Waals surface area contributed by atoms with Crippen molar-refractivity contribution in [3.8, 4) is 0 Å². The maximum absolute atomic E-state index is 10.5. The zero-order valence-electron chi connectivity index (χ0n) is 16.2. The predicted molar refractivity (Wildman–Crippen MR) is 107 cm³/mol. The van der Waals surface area contributed by atoms with Crippen LogP contribution in [0.15, 0.2) is 68.3 Å². The van der Waals surface area contributed by atoms with Crippen molar-refractivity contribution in [3.05, 3.63) is 73.9 Å². The highest BCUT2D eigenvalue weighted by Crippen LogP contribution is 2.28. The van der Waals surface area contributed by atoms with Crippen molar-refractivity contribution in [1.29, 1.82) is 0 Å². The molecule has 1 aromatic rings. The van der Waals surface area contributed by atoms with Crippen molar-refractivity contribution in [3.63, 3.8) is 0 Å². The second-order valence-electron chi connectivity index (χ2n) is 6.33. The Morgan fingerprint density at radius 3 is 2.04 bits per heavy atom. The summed E-state index contributed by atoms with van der Waals surface area (Å²) >= 11 is 0. The van der Waals surface area contributed by atoms with Crippen LogP contribution in [0.4, 0.5) is 0 Å². The fourth-order valence-electron chi connectivity index (χ4n) is 3.00. The Morgan fingerprint density at radius 2 is 1.43 bits per heavy atom. The third-order valence-electron chi connectivity index (χ3n) is 4.22. The fraction of sp³-hybridized carbons (Fsp3) is 0.455. The molecule has 1 heterocycles. The minimum absolute atomic E-state index is 0.232. The summed E-state index contributed by atoms with van der Waals surface area (Å²) in [4.78, 5) is 0. The van der Waals surface area contributed by atoms with Gasteiger partial charge in [0.1, 0.15) is 24.4 Å². The molecule has 1 N–H and O–H groups in total. The van der Waals surface area contributed by atoms with Gasteiger partial charge in [0.2, 0.25) is 0 Å². The van der Waals surface area contributed by atoms with Gasteiger partial charge in [-0.25, -0.2) is 0 Å². The largest absolute Gasteiger partial charge is 0.374 e. The summed E-state index contributed by atoms with van der Waals surface area (Å²) in [5.74, 6) is 0. The molecule has 28 heavy (non-hydrogen) atoms. The summed E-state index contributed by atoms with van der Waals surface area (Å²) < 4.78 is 29.1. The van der Waals surface area contributed by atoms with Crippen molar-refractivity contribution < 1.29 is 28.8 Å². The van der Waals surface area contributed by atoms with Crippen molar-refractivity contribution in [2.24, 2.45) is 0 Å². The van der Waals surface area contributed by atoms with E-state index >= 15 is 0 Å². The highest BCUT2D eigenvalue weighted by atomic mass is 16.7. The van der Waals surface area contributed by atoms with Crippen LogP contribution in [0.25, 0.3) is 0 Å². The van der Waals surface area contributed by atoms with Gasteiger partial charge < -0.3 is 28.8 Å². The highest BCUT2D eigenvalue weighted by molar-refractivity contribution is 5.13. The Hall–Kier alpha value is -1.80. The third kappa shape index (κ3) is 6.67. The quantitative estimate of drug-likeness (QED) is 0.523. The normalized spacial score (nSPS) is 27.2. The molecule has 1 aliphatic rings. The van der Waals surface area contributed by atoms with Crippen molar-refractivity contribution >= 4 is 0 Å². The van der Waals surface area contributed by atoms with Gasteiger partial charge in [-0.3, -0.25) is 0 Å². The van der Waals surface area contributed by atoms with Crippen LogP contribution in [0.1, 0.15) is 5.56 Å². The van der Waals surface area contributed by atoms with Crippen LogP contribution >= 0.6 is 0 Å². The lowest BCUT2D eigenvalue weighted by Gasteiger charge is -2.44. The Kier molecular flexibility index (Phi) is 10.1. The average Bonchev–Trinajstić information content (AvgIpc) is 2.71. The minimum atomic E-state index is -1.18. The van der Waals surface area contributed by atoms with E-state index in [1.165, 1.54) is 0 Å². The maximum atomic E-state index is 10.5. The number of hydrogen-bond acceptors (Lipinski definition) is 6. The van der Waals surface area contributed by atoms with Gasteiger partial charge in [0.05, 0.1) is 33.0 Å². The average molecular weight is 390 g/mol. The number of aliphatic hydroxyl groups excluding tert-OH is 1. The number of aliphatic hydroxyl groups is 1. The highest BCUT2D eigenvalue weighted by Gasteiger charge is 2.47. The molecule has 0 aromatic heterocycles. The van der Waals surface area contributed by atoms with E-state index in [4.69, 9.17) is 23.7 Å². The van der Waals surface area contributed by atoms with Crippen LogP contribution in [0, 0.1) is 0 Å². The molecule has 1 fully saturated rings. The van der Waals surface area contributed by atoms with Gasteiger partial charge in [-0.1, -0.05) is 48.6 Å². The van der Waals surface area contributed by atoms with E-state index < -0.39 is 30.7 Å². The number of ether oxygens (including phenoxy) is 5. The second kappa shape index (κ2) is 12.6. The molecule has 1 saturated heterocycles. The van der Waals surface area contributed by atoms with Gasteiger partial charge in [0, 0.05) is 0 Å². The van der Waals surface area contributed by atoms with E-state index in [1.807, 2.05) is 30.3 Å². The molecule has 0 aliphatic carbocycles. The smallest absolute Gasteiger partial charge is 0.184 e. The standard InChI is InChI=1S/C22H30O6/c1-4-12-25-19-18(16-24-15-17-10-8-7-9-11-17)28-22(23)21(27-14-6-3)20(19)26-13-5-2/h4-11,18-23H,1-3,12-16H2/t18-,19-,20+,21+,22?/m1/s1. The summed E-state index contributed by atoms with van der Waals surface area (Å²) in [5.41, 5.74) is 1.05. The van der Waals surface area contributed by atoms with E-state index in [0.717, 1.165) is 5.56 Å². The summed E-state index contributed by atoms with van der Waals surface area (Å²) in [6.45, 7) is 12.5. The first kappa shape index (κ1) is 22.5. The Balaban J connectivity index is 2.08. The van der Waals surface area contributed by atoms with Crippen molar-refractivity contribution in [1.82, 2.24) is 0 Å². The predicted octanol–water partition coefficient (Wildman–Crippen LogP) is 2.63. The monoisotopic (exact) mass is 390 g/mol. The van der Waals surface area contributed by atoms with Crippen molar-refractivity contribution in [2.45, 2.75) is 37.3 Å².